The summed E-state index contributed by atoms with van der Waals surface area (Å²) in [5, 5.41) is 0.310. The Morgan fingerprint density at radius 3 is 2.22 bits per heavy atom. The normalized spacial score (nSPS) is 10.8. The zero-order chi connectivity index (χ0) is 13.4. The Hall–Kier alpha value is -0.0500. The third-order valence-corrected chi connectivity index (χ3v) is 5.03. The SMILES string of the molecule is Fc1ccc(-c2nc(Cl)c(I)c(Cl)n2)c(Br)c1F. The number of hydrogen-bond acceptors (Lipinski definition) is 2. The summed E-state index contributed by atoms with van der Waals surface area (Å²) < 4.78 is 26.8. The van der Waals surface area contributed by atoms with Gasteiger partial charge in [0.25, 0.3) is 0 Å². The van der Waals surface area contributed by atoms with Crippen LogP contribution < -0.4 is 0 Å². The van der Waals surface area contributed by atoms with Gasteiger partial charge < -0.3 is 0 Å². The number of hydrogen-bond donors (Lipinski definition) is 0. The molecule has 1 heterocycles. The lowest BCUT2D eigenvalue weighted by Gasteiger charge is -2.07. The first-order valence-corrected chi connectivity index (χ1v) is 7.07. The quantitative estimate of drug-likeness (QED) is 0.333. The number of nitrogens with zero attached hydrogens (tertiary/aromatic N) is 2. The summed E-state index contributed by atoms with van der Waals surface area (Å²) in [5.41, 5.74) is 0.272. The highest BCUT2D eigenvalue weighted by atomic mass is 127. The van der Waals surface area contributed by atoms with Gasteiger partial charge in [-0.3, -0.25) is 0 Å². The van der Waals surface area contributed by atoms with Crippen molar-refractivity contribution in [3.05, 3.63) is 42.1 Å². The minimum atomic E-state index is -1.01. The van der Waals surface area contributed by atoms with E-state index < -0.39 is 11.6 Å². The van der Waals surface area contributed by atoms with Gasteiger partial charge in [0, 0.05) is 5.56 Å². The Kier molecular flexibility index (Phi) is 4.40. The van der Waals surface area contributed by atoms with Crippen LogP contribution in [0.1, 0.15) is 0 Å². The lowest BCUT2D eigenvalue weighted by molar-refractivity contribution is 0.504. The molecule has 0 fully saturated rings. The van der Waals surface area contributed by atoms with Gasteiger partial charge in [0.2, 0.25) is 0 Å². The molecule has 94 valence electrons. The molecule has 0 aliphatic carbocycles. The van der Waals surface area contributed by atoms with Gasteiger partial charge in [-0.05, 0) is 50.7 Å². The van der Waals surface area contributed by atoms with Gasteiger partial charge in [-0.1, -0.05) is 23.2 Å². The van der Waals surface area contributed by atoms with Crippen LogP contribution in [0.5, 0.6) is 0 Å². The average Bonchev–Trinajstić information content (AvgIpc) is 2.33. The molecule has 0 unspecified atom stereocenters. The van der Waals surface area contributed by atoms with E-state index in [1.807, 2.05) is 22.6 Å². The summed E-state index contributed by atoms with van der Waals surface area (Å²) in [4.78, 5) is 7.96. The van der Waals surface area contributed by atoms with E-state index in [4.69, 9.17) is 23.2 Å². The van der Waals surface area contributed by atoms with Crippen molar-refractivity contribution in [2.75, 3.05) is 0 Å². The molecule has 1 aromatic heterocycles. The minimum absolute atomic E-state index is 0.0733. The van der Waals surface area contributed by atoms with E-state index in [2.05, 4.69) is 25.9 Å². The molecule has 0 aliphatic heterocycles. The van der Waals surface area contributed by atoms with Crippen LogP contribution in [0.2, 0.25) is 10.3 Å². The van der Waals surface area contributed by atoms with Crippen LogP contribution in [0, 0.1) is 15.2 Å². The van der Waals surface area contributed by atoms with Crippen LogP contribution in [-0.2, 0) is 0 Å². The third-order valence-electron chi connectivity index (χ3n) is 2.05. The minimum Gasteiger partial charge on any atom is -0.215 e. The molecule has 0 saturated carbocycles. The molecule has 0 atom stereocenters. The van der Waals surface area contributed by atoms with Crippen molar-refractivity contribution in [2.24, 2.45) is 0 Å². The Balaban J connectivity index is 2.67. The van der Waals surface area contributed by atoms with Gasteiger partial charge in [0.15, 0.2) is 17.5 Å². The molecule has 1 aromatic carbocycles. The topological polar surface area (TPSA) is 25.8 Å². The number of benzene rings is 1. The van der Waals surface area contributed by atoms with Gasteiger partial charge in [0.05, 0.1) is 8.04 Å². The highest BCUT2D eigenvalue weighted by molar-refractivity contribution is 14.1. The maximum Gasteiger partial charge on any atom is 0.173 e. The molecule has 0 saturated heterocycles. The molecular formula is C10H2BrCl2F2IN2. The van der Waals surface area contributed by atoms with Gasteiger partial charge in [-0.15, -0.1) is 0 Å². The van der Waals surface area contributed by atoms with Crippen LogP contribution in [0.4, 0.5) is 8.78 Å². The Morgan fingerprint density at radius 2 is 1.67 bits per heavy atom. The molecule has 0 aliphatic rings. The Bertz CT molecular complexity index is 617. The lowest BCUT2D eigenvalue weighted by Crippen LogP contribution is -1.97. The fourth-order valence-electron chi connectivity index (χ4n) is 1.21. The maximum atomic E-state index is 13.4. The molecule has 18 heavy (non-hydrogen) atoms. The van der Waals surface area contributed by atoms with Crippen molar-refractivity contribution in [1.82, 2.24) is 9.97 Å². The predicted molar refractivity (Wildman–Crippen MR) is 77.8 cm³/mol. The van der Waals surface area contributed by atoms with Crippen molar-refractivity contribution < 1.29 is 8.78 Å². The van der Waals surface area contributed by atoms with Gasteiger partial charge in [0.1, 0.15) is 10.3 Å². The summed E-state index contributed by atoms with van der Waals surface area (Å²) in [6.45, 7) is 0. The van der Waals surface area contributed by atoms with Gasteiger partial charge in [-0.2, -0.15) is 0 Å². The molecule has 2 nitrogen and oxygen atoms in total. The highest BCUT2D eigenvalue weighted by Crippen LogP contribution is 2.32. The number of rotatable bonds is 1. The van der Waals surface area contributed by atoms with E-state index >= 15 is 0 Å². The molecule has 0 N–H and O–H groups in total. The Morgan fingerprint density at radius 1 is 1.11 bits per heavy atom. The molecule has 0 radical (unpaired) electrons. The second kappa shape index (κ2) is 5.52. The summed E-state index contributed by atoms with van der Waals surface area (Å²) in [6.07, 6.45) is 0. The first-order chi connectivity index (χ1) is 8.41. The van der Waals surface area contributed by atoms with Crippen LogP contribution in [0.25, 0.3) is 11.4 Å². The summed E-state index contributed by atoms with van der Waals surface area (Å²) in [6, 6.07) is 2.33. The third kappa shape index (κ3) is 2.61. The van der Waals surface area contributed by atoms with Crippen LogP contribution in [-0.4, -0.2) is 9.97 Å². The molecular weight excluding hydrogens is 464 g/mol. The zero-order valence-electron chi connectivity index (χ0n) is 8.32. The van der Waals surface area contributed by atoms with Crippen molar-refractivity contribution in [1.29, 1.82) is 0 Å². The molecule has 0 spiro atoms. The monoisotopic (exact) mass is 464 g/mol. The highest BCUT2D eigenvalue weighted by Gasteiger charge is 2.17. The predicted octanol–water partition coefficient (Wildman–Crippen LogP) is 5.10. The number of aromatic nitrogens is 2. The molecule has 0 amide bonds. The summed E-state index contributed by atoms with van der Waals surface area (Å²) >= 11 is 16.6. The second-order valence-electron chi connectivity index (χ2n) is 3.17. The first kappa shape index (κ1) is 14.4. The van der Waals surface area contributed by atoms with Crippen LogP contribution in [0.15, 0.2) is 16.6 Å². The summed E-state index contributed by atoms with van der Waals surface area (Å²) in [7, 11) is 0. The fraction of sp³-hybridized carbons (Fsp3) is 0. The van der Waals surface area contributed by atoms with Crippen molar-refractivity contribution in [3.63, 3.8) is 0 Å². The van der Waals surface area contributed by atoms with Crippen LogP contribution in [0.3, 0.4) is 0 Å². The largest absolute Gasteiger partial charge is 0.215 e. The van der Waals surface area contributed by atoms with Gasteiger partial charge >= 0.3 is 0 Å². The van der Waals surface area contributed by atoms with E-state index in [1.165, 1.54) is 6.07 Å². The van der Waals surface area contributed by atoms with E-state index in [0.29, 0.717) is 3.57 Å². The molecule has 2 aromatic rings. The molecule has 8 heteroatoms. The lowest BCUT2D eigenvalue weighted by atomic mass is 10.2. The smallest absolute Gasteiger partial charge is 0.173 e. The first-order valence-electron chi connectivity index (χ1n) is 4.44. The van der Waals surface area contributed by atoms with Gasteiger partial charge in [-0.25, -0.2) is 18.7 Å². The zero-order valence-corrected chi connectivity index (χ0v) is 13.6. The van der Waals surface area contributed by atoms with Crippen LogP contribution >= 0.6 is 61.7 Å². The second-order valence-corrected chi connectivity index (χ2v) is 5.75. The fourth-order valence-corrected chi connectivity index (χ4v) is 2.34. The summed E-state index contributed by atoms with van der Waals surface area (Å²) in [5.74, 6) is -1.86. The Labute approximate surface area is 133 Å². The van der Waals surface area contributed by atoms with Crippen molar-refractivity contribution in [3.8, 4) is 11.4 Å². The van der Waals surface area contributed by atoms with E-state index in [0.717, 1.165) is 6.07 Å². The standard InChI is InChI=1S/C10H2BrCl2F2IN2/c11-5-3(1-2-4(14)6(5)15)10-17-8(12)7(16)9(13)18-10/h1-2H. The maximum absolute atomic E-state index is 13.4. The van der Waals surface area contributed by atoms with Crippen molar-refractivity contribution >= 4 is 61.7 Å². The number of halogens is 6. The average molecular weight is 466 g/mol. The van der Waals surface area contributed by atoms with E-state index in [9.17, 15) is 8.78 Å². The van der Waals surface area contributed by atoms with E-state index in [1.54, 1.807) is 0 Å². The van der Waals surface area contributed by atoms with Crippen molar-refractivity contribution in [2.45, 2.75) is 0 Å². The van der Waals surface area contributed by atoms with E-state index in [-0.39, 0.29) is 26.2 Å². The molecule has 2 rings (SSSR count). The molecule has 0 bridgehead atoms.